The maximum absolute atomic E-state index is 9.90. The van der Waals surface area contributed by atoms with E-state index >= 15 is 0 Å². The molecule has 0 aliphatic carbocycles. The van der Waals surface area contributed by atoms with Crippen molar-refractivity contribution in [2.24, 2.45) is 0 Å². The molecule has 0 fully saturated rings. The van der Waals surface area contributed by atoms with E-state index in [2.05, 4.69) is 0 Å². The van der Waals surface area contributed by atoms with Gasteiger partial charge in [-0.15, -0.1) is 0 Å². The second-order valence-corrected chi connectivity index (χ2v) is 3.13. The Morgan fingerprint density at radius 2 is 1.25 bits per heavy atom. The first-order valence-electron chi connectivity index (χ1n) is 5.31. The largest absolute Gasteiger partial charge is 0.481 e. The number of unbranched alkanes of at least 4 members (excludes halogenated alkanes) is 1. The summed E-state index contributed by atoms with van der Waals surface area (Å²) in [4.78, 5) is 19.8. The van der Waals surface area contributed by atoms with Crippen molar-refractivity contribution in [2.75, 3.05) is 13.1 Å². The van der Waals surface area contributed by atoms with Crippen LogP contribution < -0.4 is 0 Å². The number of carboxylic acid groups (broad SMARTS) is 2. The summed E-state index contributed by atoms with van der Waals surface area (Å²) in [6, 6.07) is 0. The first kappa shape index (κ1) is 17.3. The summed E-state index contributed by atoms with van der Waals surface area (Å²) < 4.78 is 0. The third kappa shape index (κ3) is 18.6. The summed E-state index contributed by atoms with van der Waals surface area (Å²) in [6.45, 7) is 5.25. The van der Waals surface area contributed by atoms with Crippen molar-refractivity contribution in [3.63, 3.8) is 0 Å². The minimum atomic E-state index is -0.870. The van der Waals surface area contributed by atoms with E-state index in [9.17, 15) is 9.59 Å². The lowest BCUT2D eigenvalue weighted by atomic mass is 10.2. The van der Waals surface area contributed by atoms with E-state index in [4.69, 9.17) is 15.4 Å². The normalized spacial score (nSPS) is 9.50. The van der Waals surface area contributed by atoms with Gasteiger partial charge in [0.1, 0.15) is 0 Å². The molecule has 0 unspecified atom stereocenters. The van der Waals surface area contributed by atoms with Crippen molar-refractivity contribution < 1.29 is 25.0 Å². The summed E-state index contributed by atoms with van der Waals surface area (Å²) in [5.74, 6) is -1.74. The van der Waals surface area contributed by atoms with Gasteiger partial charge in [-0.3, -0.25) is 9.59 Å². The molecule has 0 amide bonds. The first-order valence-corrected chi connectivity index (χ1v) is 5.31. The van der Waals surface area contributed by atoms with Crippen LogP contribution in [0, 0.1) is 0 Å². The van der Waals surface area contributed by atoms with E-state index < -0.39 is 11.9 Å². The van der Waals surface area contributed by atoms with Crippen LogP contribution in [0.4, 0.5) is 0 Å². The van der Waals surface area contributed by atoms with Gasteiger partial charge in [0, 0.05) is 25.9 Å². The molecular formula is C10H21NO5. The number of nitrogens with zero attached hydrogens (tertiary/aromatic N) is 1. The molecule has 0 rings (SSSR count). The Bertz CT molecular complexity index is 176. The number of hydrogen-bond donors (Lipinski definition) is 3. The fraction of sp³-hybridized carbons (Fsp3) is 0.800. The summed E-state index contributed by atoms with van der Waals surface area (Å²) in [5.41, 5.74) is 0. The summed E-state index contributed by atoms with van der Waals surface area (Å²) in [6.07, 6.45) is 1.02. The van der Waals surface area contributed by atoms with Gasteiger partial charge < -0.3 is 15.4 Å². The Kier molecular flexibility index (Phi) is 12.9. The van der Waals surface area contributed by atoms with Crippen LogP contribution in [-0.2, 0) is 9.59 Å². The lowest BCUT2D eigenvalue weighted by Gasteiger charge is -2.05. The van der Waals surface area contributed by atoms with Crippen molar-refractivity contribution in [3.8, 4) is 0 Å². The topological polar surface area (TPSA) is 98.1 Å². The average Bonchev–Trinajstić information content (AvgIpc) is 2.23. The van der Waals surface area contributed by atoms with Gasteiger partial charge in [-0.2, -0.15) is 5.06 Å². The minimum Gasteiger partial charge on any atom is -0.481 e. The standard InChI is InChI=1S/C6H10O4.C4H11NO/c7-5(8)3-1-2-4-6(9)10;1-3-5(6)4-2/h1-4H2,(H,7,8)(H,9,10);6H,3-4H2,1-2H3. The zero-order chi connectivity index (χ0) is 13.0. The van der Waals surface area contributed by atoms with E-state index in [1.807, 2.05) is 13.8 Å². The van der Waals surface area contributed by atoms with Crippen molar-refractivity contribution in [1.82, 2.24) is 5.06 Å². The van der Waals surface area contributed by atoms with Gasteiger partial charge >= 0.3 is 11.9 Å². The van der Waals surface area contributed by atoms with E-state index in [0.29, 0.717) is 12.8 Å². The first-order chi connectivity index (χ1) is 7.43. The third-order valence-corrected chi connectivity index (χ3v) is 1.76. The number of carbonyl (C=O) groups is 2. The lowest BCUT2D eigenvalue weighted by molar-refractivity contribution is -0.139. The smallest absolute Gasteiger partial charge is 0.303 e. The zero-order valence-electron chi connectivity index (χ0n) is 9.85. The van der Waals surface area contributed by atoms with E-state index in [1.54, 1.807) is 0 Å². The molecule has 6 nitrogen and oxygen atoms in total. The van der Waals surface area contributed by atoms with Gasteiger partial charge in [-0.25, -0.2) is 0 Å². The molecule has 0 aromatic heterocycles. The number of hydrogen-bond acceptors (Lipinski definition) is 4. The second-order valence-electron chi connectivity index (χ2n) is 3.13. The third-order valence-electron chi connectivity index (χ3n) is 1.76. The fourth-order valence-electron chi connectivity index (χ4n) is 0.776. The zero-order valence-corrected chi connectivity index (χ0v) is 9.85. The molecule has 0 aromatic carbocycles. The molecule has 0 aliphatic heterocycles. The van der Waals surface area contributed by atoms with Gasteiger partial charge in [0.2, 0.25) is 0 Å². The van der Waals surface area contributed by atoms with Crippen LogP contribution in [0.15, 0.2) is 0 Å². The predicted octanol–water partition coefficient (Wildman–Crippen LogP) is 1.43. The summed E-state index contributed by atoms with van der Waals surface area (Å²) in [5, 5.41) is 26.0. The highest BCUT2D eigenvalue weighted by Crippen LogP contribution is 1.98. The molecule has 6 heteroatoms. The Labute approximate surface area is 95.4 Å². The predicted molar refractivity (Wildman–Crippen MR) is 58.4 cm³/mol. The highest BCUT2D eigenvalue weighted by Gasteiger charge is 1.99. The van der Waals surface area contributed by atoms with Crippen LogP contribution in [-0.4, -0.2) is 45.5 Å². The SMILES string of the molecule is CCN(O)CC.O=C(O)CCCCC(=O)O. The molecule has 0 spiro atoms. The van der Waals surface area contributed by atoms with Crippen LogP contribution in [0.2, 0.25) is 0 Å². The Balaban J connectivity index is 0. The highest BCUT2D eigenvalue weighted by molar-refractivity contribution is 5.67. The molecule has 0 heterocycles. The van der Waals surface area contributed by atoms with Crippen LogP contribution in [0.1, 0.15) is 39.5 Å². The summed E-state index contributed by atoms with van der Waals surface area (Å²) in [7, 11) is 0. The summed E-state index contributed by atoms with van der Waals surface area (Å²) >= 11 is 0. The molecule has 0 saturated heterocycles. The van der Waals surface area contributed by atoms with E-state index in [0.717, 1.165) is 13.1 Å². The number of aliphatic carboxylic acids is 2. The highest BCUT2D eigenvalue weighted by atomic mass is 16.5. The molecule has 96 valence electrons. The fourth-order valence-corrected chi connectivity index (χ4v) is 0.776. The Hall–Kier alpha value is -1.14. The van der Waals surface area contributed by atoms with Crippen LogP contribution in [0.5, 0.6) is 0 Å². The quantitative estimate of drug-likeness (QED) is 0.456. The number of hydroxylamine groups is 2. The Morgan fingerprint density at radius 3 is 1.38 bits per heavy atom. The molecule has 0 atom stereocenters. The van der Waals surface area contributed by atoms with Crippen molar-refractivity contribution in [2.45, 2.75) is 39.5 Å². The van der Waals surface area contributed by atoms with Crippen molar-refractivity contribution in [1.29, 1.82) is 0 Å². The van der Waals surface area contributed by atoms with Gasteiger partial charge in [-0.1, -0.05) is 13.8 Å². The average molecular weight is 235 g/mol. The van der Waals surface area contributed by atoms with Gasteiger partial charge in [0.25, 0.3) is 0 Å². The van der Waals surface area contributed by atoms with Crippen LogP contribution in [0.25, 0.3) is 0 Å². The maximum Gasteiger partial charge on any atom is 0.303 e. The number of rotatable bonds is 7. The van der Waals surface area contributed by atoms with Gasteiger partial charge in [0.15, 0.2) is 0 Å². The molecule has 16 heavy (non-hydrogen) atoms. The van der Waals surface area contributed by atoms with Gasteiger partial charge in [0.05, 0.1) is 0 Å². The van der Waals surface area contributed by atoms with Crippen molar-refractivity contribution in [3.05, 3.63) is 0 Å². The van der Waals surface area contributed by atoms with Crippen LogP contribution >= 0.6 is 0 Å². The molecule has 3 N–H and O–H groups in total. The van der Waals surface area contributed by atoms with Gasteiger partial charge in [-0.05, 0) is 12.8 Å². The van der Waals surface area contributed by atoms with E-state index in [1.165, 1.54) is 5.06 Å². The van der Waals surface area contributed by atoms with Crippen LogP contribution in [0.3, 0.4) is 0 Å². The number of carboxylic acids is 2. The minimum absolute atomic E-state index is 0.0628. The molecule has 0 bridgehead atoms. The van der Waals surface area contributed by atoms with E-state index in [-0.39, 0.29) is 12.8 Å². The maximum atomic E-state index is 9.90. The lowest BCUT2D eigenvalue weighted by Crippen LogP contribution is -2.16. The Morgan fingerprint density at radius 1 is 0.938 bits per heavy atom. The van der Waals surface area contributed by atoms with Crippen molar-refractivity contribution >= 4 is 11.9 Å². The molecule has 0 aliphatic rings. The second kappa shape index (κ2) is 11.9. The molecule has 0 saturated carbocycles. The monoisotopic (exact) mass is 235 g/mol. The molecule has 0 aromatic rings. The molecular weight excluding hydrogens is 214 g/mol. The molecule has 0 radical (unpaired) electrons.